The van der Waals surface area contributed by atoms with Crippen molar-refractivity contribution in [1.82, 2.24) is 0 Å². The molecular formula is C8H14O2. The molecule has 0 amide bonds. The third-order valence-corrected chi connectivity index (χ3v) is 2.42. The number of carbonyl (C=O) groups excluding carboxylic acids is 1. The van der Waals surface area contributed by atoms with E-state index in [4.69, 9.17) is 4.74 Å². The van der Waals surface area contributed by atoms with E-state index in [-0.39, 0.29) is 11.5 Å². The Morgan fingerprint density at radius 3 is 2.40 bits per heavy atom. The molecule has 0 N–H and O–H groups in total. The van der Waals surface area contributed by atoms with Crippen molar-refractivity contribution in [3.8, 4) is 0 Å². The average molecular weight is 142 g/mol. The third kappa shape index (κ3) is 1.21. The van der Waals surface area contributed by atoms with Gasteiger partial charge in [0.05, 0.1) is 5.60 Å². The van der Waals surface area contributed by atoms with Gasteiger partial charge in [-0.25, -0.2) is 0 Å². The Balaban J connectivity index is 2.36. The quantitative estimate of drug-likeness (QED) is 0.582. The van der Waals surface area contributed by atoms with Gasteiger partial charge >= 0.3 is 0 Å². The number of ketones is 1. The zero-order chi connectivity index (χ0) is 7.78. The molecule has 1 saturated carbocycles. The van der Waals surface area contributed by atoms with Crippen LogP contribution in [0, 0.1) is 5.92 Å². The fourth-order valence-electron chi connectivity index (χ4n) is 1.44. The molecule has 0 unspecified atom stereocenters. The molecule has 0 bridgehead atoms. The number of Topliss-reactive ketones (excluding diaryl/α,β-unsaturated/α-hetero) is 1. The van der Waals surface area contributed by atoms with E-state index in [9.17, 15) is 4.79 Å². The van der Waals surface area contributed by atoms with Crippen LogP contribution in [0.4, 0.5) is 0 Å². The molecule has 0 heterocycles. The fourth-order valence-corrected chi connectivity index (χ4v) is 1.44. The Morgan fingerprint density at radius 1 is 1.60 bits per heavy atom. The van der Waals surface area contributed by atoms with E-state index in [1.165, 1.54) is 0 Å². The van der Waals surface area contributed by atoms with Crippen LogP contribution in [0.1, 0.15) is 26.7 Å². The van der Waals surface area contributed by atoms with Gasteiger partial charge in [-0.2, -0.15) is 0 Å². The van der Waals surface area contributed by atoms with Crippen LogP contribution >= 0.6 is 0 Å². The van der Waals surface area contributed by atoms with Gasteiger partial charge < -0.3 is 4.74 Å². The molecule has 0 atom stereocenters. The predicted octanol–water partition coefficient (Wildman–Crippen LogP) is 1.39. The lowest BCUT2D eigenvalue weighted by Gasteiger charge is -2.42. The van der Waals surface area contributed by atoms with Gasteiger partial charge in [0.25, 0.3) is 0 Å². The van der Waals surface area contributed by atoms with Crippen molar-refractivity contribution in [2.24, 2.45) is 5.92 Å². The minimum atomic E-state index is -0.00363. The summed E-state index contributed by atoms with van der Waals surface area (Å²) in [5.74, 6) is 0.569. The maximum Gasteiger partial charge on any atom is 0.133 e. The highest BCUT2D eigenvalue weighted by Gasteiger charge is 2.42. The third-order valence-electron chi connectivity index (χ3n) is 2.42. The standard InChI is InChI=1S/C8H14O2/c1-6(9)7-4-8(2,5-7)10-3/h7H,4-5H2,1-3H3. The van der Waals surface area contributed by atoms with Gasteiger partial charge in [0.15, 0.2) is 0 Å². The molecule has 0 radical (unpaired) electrons. The van der Waals surface area contributed by atoms with Crippen molar-refractivity contribution < 1.29 is 9.53 Å². The summed E-state index contributed by atoms with van der Waals surface area (Å²) in [5.41, 5.74) is -0.00363. The van der Waals surface area contributed by atoms with Crippen LogP contribution in [-0.4, -0.2) is 18.5 Å². The highest BCUT2D eigenvalue weighted by molar-refractivity contribution is 5.79. The summed E-state index contributed by atoms with van der Waals surface area (Å²) in [7, 11) is 1.70. The molecule has 2 heteroatoms. The van der Waals surface area contributed by atoms with E-state index >= 15 is 0 Å². The van der Waals surface area contributed by atoms with Gasteiger partial charge in [0.2, 0.25) is 0 Å². The first-order valence-corrected chi connectivity index (χ1v) is 3.63. The normalized spacial score (nSPS) is 38.9. The van der Waals surface area contributed by atoms with Crippen molar-refractivity contribution >= 4 is 5.78 Å². The molecule has 0 spiro atoms. The molecule has 58 valence electrons. The second-order valence-electron chi connectivity index (χ2n) is 3.37. The molecule has 0 aromatic heterocycles. The molecular weight excluding hydrogens is 128 g/mol. The smallest absolute Gasteiger partial charge is 0.133 e. The highest BCUT2D eigenvalue weighted by atomic mass is 16.5. The SMILES string of the molecule is COC1(C)CC(C(C)=O)C1. The zero-order valence-corrected chi connectivity index (χ0v) is 6.81. The van der Waals surface area contributed by atoms with Gasteiger partial charge in [-0.05, 0) is 26.7 Å². The molecule has 1 rings (SSSR count). The fraction of sp³-hybridized carbons (Fsp3) is 0.875. The molecule has 1 aliphatic rings. The number of ether oxygens (including phenoxy) is 1. The van der Waals surface area contributed by atoms with Gasteiger partial charge in [-0.15, -0.1) is 0 Å². The van der Waals surface area contributed by atoms with E-state index in [0.29, 0.717) is 5.78 Å². The van der Waals surface area contributed by atoms with Crippen molar-refractivity contribution in [2.45, 2.75) is 32.3 Å². The Kier molecular flexibility index (Phi) is 1.82. The molecule has 2 nitrogen and oxygen atoms in total. The lowest BCUT2D eigenvalue weighted by Crippen LogP contribution is -2.45. The molecule has 1 fully saturated rings. The van der Waals surface area contributed by atoms with Crippen molar-refractivity contribution in [3.05, 3.63) is 0 Å². The Hall–Kier alpha value is -0.370. The van der Waals surface area contributed by atoms with Crippen molar-refractivity contribution in [3.63, 3.8) is 0 Å². The van der Waals surface area contributed by atoms with E-state index < -0.39 is 0 Å². The van der Waals surface area contributed by atoms with Crippen LogP contribution in [0.2, 0.25) is 0 Å². The minimum absolute atomic E-state index is 0.00363. The summed E-state index contributed by atoms with van der Waals surface area (Å²) in [4.78, 5) is 10.8. The molecule has 0 saturated heterocycles. The Bertz CT molecular complexity index is 145. The predicted molar refractivity (Wildman–Crippen MR) is 38.8 cm³/mol. The summed E-state index contributed by atoms with van der Waals surface area (Å²) in [6.45, 7) is 3.70. The minimum Gasteiger partial charge on any atom is -0.378 e. The van der Waals surface area contributed by atoms with E-state index in [2.05, 4.69) is 0 Å². The van der Waals surface area contributed by atoms with Crippen molar-refractivity contribution in [2.75, 3.05) is 7.11 Å². The first-order valence-electron chi connectivity index (χ1n) is 3.63. The zero-order valence-electron chi connectivity index (χ0n) is 6.81. The molecule has 1 aliphatic carbocycles. The first kappa shape index (κ1) is 7.73. The second kappa shape index (κ2) is 2.35. The van der Waals surface area contributed by atoms with Crippen LogP contribution in [0.3, 0.4) is 0 Å². The van der Waals surface area contributed by atoms with Gasteiger partial charge in [0.1, 0.15) is 5.78 Å². The van der Waals surface area contributed by atoms with Crippen LogP contribution in [-0.2, 0) is 9.53 Å². The largest absolute Gasteiger partial charge is 0.378 e. The monoisotopic (exact) mass is 142 g/mol. The van der Waals surface area contributed by atoms with Gasteiger partial charge in [0, 0.05) is 13.0 Å². The summed E-state index contributed by atoms with van der Waals surface area (Å²) in [5, 5.41) is 0. The van der Waals surface area contributed by atoms with Crippen LogP contribution in [0.5, 0.6) is 0 Å². The van der Waals surface area contributed by atoms with Crippen LogP contribution in [0.15, 0.2) is 0 Å². The van der Waals surface area contributed by atoms with Crippen molar-refractivity contribution in [1.29, 1.82) is 0 Å². The summed E-state index contributed by atoms with van der Waals surface area (Å²) in [6, 6.07) is 0. The average Bonchev–Trinajstić information content (AvgIpc) is 1.80. The lowest BCUT2D eigenvalue weighted by molar-refractivity contribution is -0.139. The number of carbonyl (C=O) groups is 1. The highest BCUT2D eigenvalue weighted by Crippen LogP contribution is 2.40. The molecule has 10 heavy (non-hydrogen) atoms. The van der Waals surface area contributed by atoms with E-state index in [1.54, 1.807) is 14.0 Å². The summed E-state index contributed by atoms with van der Waals surface area (Å²) < 4.78 is 5.20. The first-order chi connectivity index (χ1) is 4.57. The molecule has 0 aliphatic heterocycles. The Labute approximate surface area is 61.6 Å². The number of hydrogen-bond donors (Lipinski definition) is 0. The summed E-state index contributed by atoms with van der Waals surface area (Å²) in [6.07, 6.45) is 1.80. The number of hydrogen-bond acceptors (Lipinski definition) is 2. The van der Waals surface area contributed by atoms with Gasteiger partial charge in [-0.1, -0.05) is 0 Å². The maximum absolute atomic E-state index is 10.8. The lowest BCUT2D eigenvalue weighted by atomic mass is 9.70. The van der Waals surface area contributed by atoms with Crippen LogP contribution < -0.4 is 0 Å². The van der Waals surface area contributed by atoms with Crippen LogP contribution in [0.25, 0.3) is 0 Å². The van der Waals surface area contributed by atoms with E-state index in [1.807, 2.05) is 6.92 Å². The number of rotatable bonds is 2. The molecule has 0 aromatic rings. The van der Waals surface area contributed by atoms with E-state index in [0.717, 1.165) is 12.8 Å². The topological polar surface area (TPSA) is 26.3 Å². The summed E-state index contributed by atoms with van der Waals surface area (Å²) >= 11 is 0. The second-order valence-corrected chi connectivity index (χ2v) is 3.37. The number of methoxy groups -OCH3 is 1. The Morgan fingerprint density at radius 2 is 2.10 bits per heavy atom. The maximum atomic E-state index is 10.8. The van der Waals surface area contributed by atoms with Gasteiger partial charge in [-0.3, -0.25) is 4.79 Å². The molecule has 0 aromatic carbocycles.